The van der Waals surface area contributed by atoms with Crippen LogP contribution in [0, 0.1) is 0 Å². The average molecular weight is 465 g/mol. The summed E-state index contributed by atoms with van der Waals surface area (Å²) >= 11 is 1.35. The molecule has 3 rings (SSSR count). The SMILES string of the molecule is CCN(CC)C(=O)c1csc(-c2ccc(OCc3cccc(C(F)(F)F)c3)c(OC)c2)n1. The predicted molar refractivity (Wildman–Crippen MR) is 117 cm³/mol. The lowest BCUT2D eigenvalue weighted by Gasteiger charge is -2.16. The Labute approximate surface area is 188 Å². The molecular formula is C23H23F3N2O3S. The van der Waals surface area contributed by atoms with E-state index in [2.05, 4.69) is 4.98 Å². The number of halogens is 3. The number of hydrogen-bond donors (Lipinski definition) is 0. The van der Waals surface area contributed by atoms with E-state index < -0.39 is 11.7 Å². The largest absolute Gasteiger partial charge is 0.493 e. The molecule has 0 unspecified atom stereocenters. The molecule has 0 spiro atoms. The average Bonchev–Trinajstić information content (AvgIpc) is 3.28. The Morgan fingerprint density at radius 1 is 1.09 bits per heavy atom. The molecule has 1 aromatic heterocycles. The summed E-state index contributed by atoms with van der Waals surface area (Å²) in [6.45, 7) is 5.00. The summed E-state index contributed by atoms with van der Waals surface area (Å²) in [5.74, 6) is 0.691. The number of ether oxygens (including phenoxy) is 2. The maximum absolute atomic E-state index is 12.9. The van der Waals surface area contributed by atoms with Crippen LogP contribution in [0.25, 0.3) is 10.6 Å². The summed E-state index contributed by atoms with van der Waals surface area (Å²) < 4.78 is 49.8. The highest BCUT2D eigenvalue weighted by molar-refractivity contribution is 7.13. The third-order valence-corrected chi connectivity index (χ3v) is 5.72. The number of thiazole rings is 1. The van der Waals surface area contributed by atoms with E-state index >= 15 is 0 Å². The number of benzene rings is 2. The van der Waals surface area contributed by atoms with Crippen molar-refractivity contribution < 1.29 is 27.4 Å². The molecule has 0 saturated heterocycles. The van der Waals surface area contributed by atoms with E-state index in [1.807, 2.05) is 13.8 Å². The fourth-order valence-electron chi connectivity index (χ4n) is 3.10. The fourth-order valence-corrected chi connectivity index (χ4v) is 3.89. The number of alkyl halides is 3. The van der Waals surface area contributed by atoms with Gasteiger partial charge in [-0.15, -0.1) is 11.3 Å². The van der Waals surface area contributed by atoms with Crippen molar-refractivity contribution >= 4 is 17.2 Å². The lowest BCUT2D eigenvalue weighted by Crippen LogP contribution is -2.30. The van der Waals surface area contributed by atoms with Crippen LogP contribution in [-0.4, -0.2) is 36.0 Å². The van der Waals surface area contributed by atoms with Crippen LogP contribution in [0.5, 0.6) is 11.5 Å². The maximum Gasteiger partial charge on any atom is 0.416 e. The fraction of sp³-hybridized carbons (Fsp3) is 0.304. The first-order valence-corrected chi connectivity index (χ1v) is 10.9. The number of methoxy groups -OCH3 is 1. The Morgan fingerprint density at radius 3 is 2.50 bits per heavy atom. The normalized spacial score (nSPS) is 11.3. The number of amides is 1. The van der Waals surface area contributed by atoms with Gasteiger partial charge in [0.1, 0.15) is 17.3 Å². The zero-order chi connectivity index (χ0) is 23.3. The van der Waals surface area contributed by atoms with Crippen molar-refractivity contribution in [3.8, 4) is 22.1 Å². The molecule has 0 atom stereocenters. The quantitative estimate of drug-likeness (QED) is 0.417. The van der Waals surface area contributed by atoms with Gasteiger partial charge in [-0.1, -0.05) is 12.1 Å². The number of aromatic nitrogens is 1. The standard InChI is InChI=1S/C23H23F3N2O3S/c1-4-28(5-2)22(29)18-14-32-21(27-18)16-9-10-19(20(12-16)30-3)31-13-15-7-6-8-17(11-15)23(24,25)26/h6-12,14H,4-5,13H2,1-3H3. The molecule has 0 bridgehead atoms. The van der Waals surface area contributed by atoms with Gasteiger partial charge in [0, 0.05) is 24.0 Å². The maximum atomic E-state index is 12.9. The molecule has 32 heavy (non-hydrogen) atoms. The molecule has 3 aromatic rings. The van der Waals surface area contributed by atoms with Gasteiger partial charge in [0.2, 0.25) is 0 Å². The Bertz CT molecular complexity index is 1080. The zero-order valence-corrected chi connectivity index (χ0v) is 18.7. The van der Waals surface area contributed by atoms with Gasteiger partial charge in [0.15, 0.2) is 11.5 Å². The molecule has 9 heteroatoms. The first-order chi connectivity index (χ1) is 15.3. The molecule has 0 aliphatic rings. The van der Waals surface area contributed by atoms with Gasteiger partial charge >= 0.3 is 6.18 Å². The van der Waals surface area contributed by atoms with Gasteiger partial charge < -0.3 is 14.4 Å². The van der Waals surface area contributed by atoms with E-state index in [4.69, 9.17) is 9.47 Å². The summed E-state index contributed by atoms with van der Waals surface area (Å²) in [5.41, 5.74) is 0.805. The third-order valence-electron chi connectivity index (χ3n) is 4.83. The third kappa shape index (κ3) is 5.40. The molecule has 1 amide bonds. The number of carbonyl (C=O) groups excluding carboxylic acids is 1. The van der Waals surface area contributed by atoms with Crippen LogP contribution in [0.15, 0.2) is 47.8 Å². The van der Waals surface area contributed by atoms with Crippen LogP contribution < -0.4 is 9.47 Å². The van der Waals surface area contributed by atoms with Gasteiger partial charge in [0.25, 0.3) is 5.91 Å². The van der Waals surface area contributed by atoms with Crippen LogP contribution in [-0.2, 0) is 12.8 Å². The van der Waals surface area contributed by atoms with Gasteiger partial charge in [-0.2, -0.15) is 13.2 Å². The van der Waals surface area contributed by atoms with Crippen molar-refractivity contribution in [2.24, 2.45) is 0 Å². The summed E-state index contributed by atoms with van der Waals surface area (Å²) in [5, 5.41) is 2.38. The molecule has 2 aromatic carbocycles. The van der Waals surface area contributed by atoms with Crippen molar-refractivity contribution in [3.05, 3.63) is 64.7 Å². The van der Waals surface area contributed by atoms with E-state index in [0.29, 0.717) is 40.9 Å². The lowest BCUT2D eigenvalue weighted by molar-refractivity contribution is -0.137. The van der Waals surface area contributed by atoms with Crippen LogP contribution in [0.2, 0.25) is 0 Å². The Hall–Kier alpha value is -3.07. The summed E-state index contributed by atoms with van der Waals surface area (Å²) in [6.07, 6.45) is -4.41. The number of hydrogen-bond acceptors (Lipinski definition) is 5. The first-order valence-electron chi connectivity index (χ1n) is 9.99. The van der Waals surface area contributed by atoms with Crippen molar-refractivity contribution in [1.29, 1.82) is 0 Å². The molecule has 0 fully saturated rings. The van der Waals surface area contributed by atoms with Crippen LogP contribution in [0.4, 0.5) is 13.2 Å². The number of rotatable bonds is 8. The molecular weight excluding hydrogens is 441 g/mol. The second kappa shape index (κ2) is 10.0. The van der Waals surface area contributed by atoms with E-state index in [9.17, 15) is 18.0 Å². The second-order valence-corrected chi connectivity index (χ2v) is 7.73. The predicted octanol–water partition coefficient (Wildman–Crippen LogP) is 5.90. The van der Waals surface area contributed by atoms with Crippen molar-refractivity contribution in [2.75, 3.05) is 20.2 Å². The molecule has 0 aliphatic carbocycles. The molecule has 0 aliphatic heterocycles. The zero-order valence-electron chi connectivity index (χ0n) is 17.9. The molecule has 0 radical (unpaired) electrons. The van der Waals surface area contributed by atoms with Crippen LogP contribution in [0.3, 0.4) is 0 Å². The van der Waals surface area contributed by atoms with Gasteiger partial charge in [-0.3, -0.25) is 4.79 Å². The Balaban J connectivity index is 1.76. The Kier molecular flexibility index (Phi) is 7.40. The molecule has 5 nitrogen and oxygen atoms in total. The van der Waals surface area contributed by atoms with E-state index in [1.165, 1.54) is 24.5 Å². The van der Waals surface area contributed by atoms with Gasteiger partial charge in [-0.05, 0) is 49.7 Å². The van der Waals surface area contributed by atoms with E-state index in [-0.39, 0.29) is 12.5 Å². The molecule has 0 saturated carbocycles. The first kappa shape index (κ1) is 23.6. The molecule has 170 valence electrons. The molecule has 1 heterocycles. The van der Waals surface area contributed by atoms with Crippen molar-refractivity contribution in [3.63, 3.8) is 0 Å². The number of carbonyl (C=O) groups is 1. The minimum Gasteiger partial charge on any atom is -0.493 e. The monoisotopic (exact) mass is 464 g/mol. The van der Waals surface area contributed by atoms with E-state index in [0.717, 1.165) is 17.7 Å². The summed E-state index contributed by atoms with van der Waals surface area (Å²) in [7, 11) is 1.48. The highest BCUT2D eigenvalue weighted by Gasteiger charge is 2.30. The summed E-state index contributed by atoms with van der Waals surface area (Å²) in [4.78, 5) is 18.6. The minimum absolute atomic E-state index is 0.0423. The van der Waals surface area contributed by atoms with Gasteiger partial charge in [-0.25, -0.2) is 4.98 Å². The van der Waals surface area contributed by atoms with E-state index in [1.54, 1.807) is 34.5 Å². The lowest BCUT2D eigenvalue weighted by atomic mass is 10.1. The highest BCUT2D eigenvalue weighted by atomic mass is 32.1. The van der Waals surface area contributed by atoms with Crippen LogP contribution >= 0.6 is 11.3 Å². The van der Waals surface area contributed by atoms with Crippen LogP contribution in [0.1, 0.15) is 35.5 Å². The number of nitrogens with zero attached hydrogens (tertiary/aromatic N) is 2. The highest BCUT2D eigenvalue weighted by Crippen LogP contribution is 2.35. The second-order valence-electron chi connectivity index (χ2n) is 6.87. The smallest absolute Gasteiger partial charge is 0.416 e. The Morgan fingerprint density at radius 2 is 1.84 bits per heavy atom. The molecule has 0 N–H and O–H groups in total. The van der Waals surface area contributed by atoms with Crippen molar-refractivity contribution in [2.45, 2.75) is 26.6 Å². The van der Waals surface area contributed by atoms with Crippen molar-refractivity contribution in [1.82, 2.24) is 9.88 Å². The summed E-state index contributed by atoms with van der Waals surface area (Å²) in [6, 6.07) is 10.2. The van der Waals surface area contributed by atoms with Gasteiger partial charge in [0.05, 0.1) is 12.7 Å². The topological polar surface area (TPSA) is 51.7 Å². The minimum atomic E-state index is -4.41.